The summed E-state index contributed by atoms with van der Waals surface area (Å²) in [6.07, 6.45) is 0.900. The van der Waals surface area contributed by atoms with Gasteiger partial charge in [0, 0.05) is 44.0 Å². The van der Waals surface area contributed by atoms with E-state index < -0.39 is 0 Å². The van der Waals surface area contributed by atoms with Crippen LogP contribution in [0.15, 0.2) is 79.1 Å². The number of hydrogen-bond donors (Lipinski definition) is 3. The molecule has 1 saturated heterocycles. The van der Waals surface area contributed by atoms with Crippen molar-refractivity contribution in [2.75, 3.05) is 31.9 Å². The summed E-state index contributed by atoms with van der Waals surface area (Å²) in [5, 5.41) is 6.75. The second-order valence-corrected chi connectivity index (χ2v) is 7.67. The van der Waals surface area contributed by atoms with Crippen LogP contribution >= 0.6 is 0 Å². The van der Waals surface area contributed by atoms with Gasteiger partial charge in [-0.05, 0) is 41.8 Å². The van der Waals surface area contributed by atoms with Crippen LogP contribution in [0.25, 0.3) is 11.3 Å². The minimum absolute atomic E-state index is 0.761. The van der Waals surface area contributed by atoms with Gasteiger partial charge in [0.15, 0.2) is 0 Å². The summed E-state index contributed by atoms with van der Waals surface area (Å²) in [5.74, 6) is 1.02. The summed E-state index contributed by atoms with van der Waals surface area (Å²) < 4.78 is 0. The average Bonchev–Trinajstić information content (AvgIpc) is 3.18. The van der Waals surface area contributed by atoms with Crippen LogP contribution in [0.2, 0.25) is 0 Å². The lowest BCUT2D eigenvalue weighted by Gasteiger charge is -2.17. The fraction of sp³-hybridized carbons (Fsp3) is 0.240. The molecule has 1 aromatic heterocycles. The lowest BCUT2D eigenvalue weighted by molar-refractivity contribution is 0.388. The molecular formula is C25H29N5. The van der Waals surface area contributed by atoms with Crippen molar-refractivity contribution in [2.45, 2.75) is 13.0 Å². The van der Waals surface area contributed by atoms with E-state index in [1.54, 1.807) is 0 Å². The standard InChI is InChI=1S/C25H29N5/c1-19-28-14-16-30(19)15-13-27-18-24-3-2-4-25(29-24)22-9-5-20(6-10-22)17-21-7-11-23(26)12-8-21/h2-12,27-28H,1,13-18,26H2. The van der Waals surface area contributed by atoms with E-state index in [1.807, 2.05) is 12.1 Å². The van der Waals surface area contributed by atoms with Crippen LogP contribution in [0.4, 0.5) is 5.69 Å². The molecule has 0 unspecified atom stereocenters. The zero-order chi connectivity index (χ0) is 20.8. The summed E-state index contributed by atoms with van der Waals surface area (Å²) in [4.78, 5) is 7.10. The van der Waals surface area contributed by atoms with Crippen LogP contribution in [-0.2, 0) is 13.0 Å². The Bertz CT molecular complexity index is 979. The van der Waals surface area contributed by atoms with E-state index in [-0.39, 0.29) is 0 Å². The van der Waals surface area contributed by atoms with Crippen LogP contribution in [0.5, 0.6) is 0 Å². The molecule has 1 aliphatic heterocycles. The molecule has 0 atom stereocenters. The van der Waals surface area contributed by atoms with Gasteiger partial charge >= 0.3 is 0 Å². The third-order valence-corrected chi connectivity index (χ3v) is 5.40. The number of nitrogens with two attached hydrogens (primary N) is 1. The highest BCUT2D eigenvalue weighted by Crippen LogP contribution is 2.20. The highest BCUT2D eigenvalue weighted by Gasteiger charge is 2.12. The number of nitrogens with one attached hydrogen (secondary N) is 2. The number of rotatable bonds is 8. The maximum atomic E-state index is 5.77. The van der Waals surface area contributed by atoms with Gasteiger partial charge in [-0.1, -0.05) is 49.0 Å². The molecule has 0 amide bonds. The quantitative estimate of drug-likeness (QED) is 0.400. The fourth-order valence-corrected chi connectivity index (χ4v) is 3.66. The monoisotopic (exact) mass is 399 g/mol. The summed E-state index contributed by atoms with van der Waals surface area (Å²) in [7, 11) is 0. The molecule has 1 aliphatic rings. The molecule has 2 heterocycles. The lowest BCUT2D eigenvalue weighted by Crippen LogP contribution is -2.29. The number of hydrogen-bond acceptors (Lipinski definition) is 5. The van der Waals surface area contributed by atoms with Gasteiger partial charge in [-0.15, -0.1) is 0 Å². The molecule has 5 heteroatoms. The minimum Gasteiger partial charge on any atom is -0.399 e. The van der Waals surface area contributed by atoms with Gasteiger partial charge in [-0.3, -0.25) is 4.98 Å². The van der Waals surface area contributed by atoms with Crippen molar-refractivity contribution in [1.82, 2.24) is 20.5 Å². The predicted octanol–water partition coefficient (Wildman–Crippen LogP) is 3.39. The molecule has 0 saturated carbocycles. The normalized spacial score (nSPS) is 13.5. The van der Waals surface area contributed by atoms with Gasteiger partial charge in [0.25, 0.3) is 0 Å². The smallest absolute Gasteiger partial charge is 0.0940 e. The average molecular weight is 400 g/mol. The third kappa shape index (κ3) is 5.19. The molecule has 0 bridgehead atoms. The minimum atomic E-state index is 0.761. The van der Waals surface area contributed by atoms with Crippen LogP contribution in [0, 0.1) is 0 Å². The van der Waals surface area contributed by atoms with Crippen molar-refractivity contribution in [1.29, 1.82) is 0 Å². The second-order valence-electron chi connectivity index (χ2n) is 7.67. The molecular weight excluding hydrogens is 370 g/mol. The molecule has 154 valence electrons. The van der Waals surface area contributed by atoms with Crippen LogP contribution in [-0.4, -0.2) is 36.1 Å². The van der Waals surface area contributed by atoms with Crippen molar-refractivity contribution in [3.63, 3.8) is 0 Å². The van der Waals surface area contributed by atoms with Crippen molar-refractivity contribution in [3.05, 3.63) is 96.0 Å². The maximum absolute atomic E-state index is 5.77. The molecule has 4 rings (SSSR count). The van der Waals surface area contributed by atoms with E-state index in [0.29, 0.717) is 0 Å². The van der Waals surface area contributed by atoms with E-state index in [0.717, 1.165) is 67.6 Å². The van der Waals surface area contributed by atoms with Gasteiger partial charge in [-0.2, -0.15) is 0 Å². The highest BCUT2D eigenvalue weighted by molar-refractivity contribution is 5.59. The molecule has 3 aromatic rings. The van der Waals surface area contributed by atoms with Gasteiger partial charge in [0.2, 0.25) is 0 Å². The Balaban J connectivity index is 1.32. The third-order valence-electron chi connectivity index (χ3n) is 5.40. The number of pyridine rings is 1. The molecule has 5 nitrogen and oxygen atoms in total. The molecule has 2 aromatic carbocycles. The Morgan fingerprint density at radius 3 is 2.43 bits per heavy atom. The number of nitrogens with zero attached hydrogens (tertiary/aromatic N) is 2. The van der Waals surface area contributed by atoms with E-state index in [9.17, 15) is 0 Å². The first kappa shape index (κ1) is 20.0. The van der Waals surface area contributed by atoms with E-state index in [1.165, 1.54) is 11.1 Å². The Kier molecular flexibility index (Phi) is 6.30. The number of benzene rings is 2. The zero-order valence-corrected chi connectivity index (χ0v) is 17.3. The summed E-state index contributed by atoms with van der Waals surface area (Å²) in [5.41, 5.74) is 12.3. The second kappa shape index (κ2) is 9.46. The maximum Gasteiger partial charge on any atom is 0.0940 e. The van der Waals surface area contributed by atoms with Crippen molar-refractivity contribution in [2.24, 2.45) is 0 Å². The predicted molar refractivity (Wildman–Crippen MR) is 124 cm³/mol. The molecule has 0 radical (unpaired) electrons. The first-order valence-corrected chi connectivity index (χ1v) is 10.5. The Hall–Kier alpha value is -3.31. The van der Waals surface area contributed by atoms with Crippen molar-refractivity contribution < 1.29 is 0 Å². The SMILES string of the molecule is C=C1NCCN1CCNCc1cccc(-c2ccc(Cc3ccc(N)cc3)cc2)n1. The van der Waals surface area contributed by atoms with E-state index >= 15 is 0 Å². The Labute approximate surface area is 178 Å². The largest absolute Gasteiger partial charge is 0.399 e. The van der Waals surface area contributed by atoms with Crippen LogP contribution in [0.1, 0.15) is 16.8 Å². The number of anilines is 1. The topological polar surface area (TPSA) is 66.2 Å². The number of aromatic nitrogens is 1. The van der Waals surface area contributed by atoms with Gasteiger partial charge in [0.05, 0.1) is 17.2 Å². The molecule has 30 heavy (non-hydrogen) atoms. The summed E-state index contributed by atoms with van der Waals surface area (Å²) in [6, 6.07) is 22.9. The Morgan fingerprint density at radius 2 is 1.73 bits per heavy atom. The summed E-state index contributed by atoms with van der Waals surface area (Å²) in [6.45, 7) is 8.67. The first-order chi connectivity index (χ1) is 14.7. The lowest BCUT2D eigenvalue weighted by atomic mass is 10.0. The van der Waals surface area contributed by atoms with Gasteiger partial charge < -0.3 is 21.3 Å². The molecule has 1 fully saturated rings. The summed E-state index contributed by atoms with van der Waals surface area (Å²) >= 11 is 0. The van der Waals surface area contributed by atoms with Crippen LogP contribution in [0.3, 0.4) is 0 Å². The van der Waals surface area contributed by atoms with Crippen molar-refractivity contribution in [3.8, 4) is 11.3 Å². The van der Waals surface area contributed by atoms with Gasteiger partial charge in [0.1, 0.15) is 0 Å². The molecule has 0 aliphatic carbocycles. The highest BCUT2D eigenvalue weighted by atomic mass is 15.3. The van der Waals surface area contributed by atoms with Gasteiger partial charge in [-0.25, -0.2) is 0 Å². The Morgan fingerprint density at radius 1 is 1.00 bits per heavy atom. The zero-order valence-electron chi connectivity index (χ0n) is 17.3. The molecule has 4 N–H and O–H groups in total. The fourth-order valence-electron chi connectivity index (χ4n) is 3.66. The molecule has 0 spiro atoms. The van der Waals surface area contributed by atoms with E-state index in [4.69, 9.17) is 10.7 Å². The first-order valence-electron chi connectivity index (χ1n) is 10.5. The van der Waals surface area contributed by atoms with E-state index in [2.05, 4.69) is 76.7 Å². The van der Waals surface area contributed by atoms with Crippen LogP contribution < -0.4 is 16.4 Å². The van der Waals surface area contributed by atoms with Crippen molar-refractivity contribution >= 4 is 5.69 Å². The number of nitrogen functional groups attached to an aromatic ring is 1.